The van der Waals surface area contributed by atoms with Crippen LogP contribution in [0, 0.1) is 12.7 Å². The normalized spacial score (nSPS) is 16.7. The van der Waals surface area contributed by atoms with Gasteiger partial charge in [0.25, 0.3) is 0 Å². The summed E-state index contributed by atoms with van der Waals surface area (Å²) in [6.45, 7) is 9.67. The standard InChI is InChI=1S/C19H25FN10O/c1-11-7-14(29-28-11)24-17-25-16(23-12(2)15-21-8-13(20)9-22-15)26-18(27-17)30-5-6-31-19(3,4)10-30/h7-9,12H,5-6,10H2,1-4H3,(H3,23,24,25,26,27,28,29)/t12-/m0/s1. The molecule has 0 saturated carbocycles. The number of ether oxygens (including phenoxy) is 1. The van der Waals surface area contributed by atoms with Crippen LogP contribution < -0.4 is 15.5 Å². The van der Waals surface area contributed by atoms with Crippen LogP contribution >= 0.6 is 0 Å². The van der Waals surface area contributed by atoms with Crippen molar-refractivity contribution in [2.45, 2.75) is 39.3 Å². The Morgan fingerprint density at radius 1 is 1.19 bits per heavy atom. The average molecular weight is 428 g/mol. The Morgan fingerprint density at radius 3 is 2.61 bits per heavy atom. The third kappa shape index (κ3) is 5.20. The van der Waals surface area contributed by atoms with E-state index in [0.29, 0.717) is 49.2 Å². The minimum Gasteiger partial charge on any atom is -0.372 e. The van der Waals surface area contributed by atoms with Crippen LogP contribution in [0.15, 0.2) is 18.5 Å². The van der Waals surface area contributed by atoms with Crippen LogP contribution in [0.1, 0.15) is 38.3 Å². The maximum absolute atomic E-state index is 13.1. The van der Waals surface area contributed by atoms with Gasteiger partial charge in [-0.15, -0.1) is 0 Å². The van der Waals surface area contributed by atoms with Crippen molar-refractivity contribution in [3.05, 3.63) is 35.8 Å². The smallest absolute Gasteiger partial charge is 0.235 e. The second-order valence-corrected chi connectivity index (χ2v) is 8.00. The van der Waals surface area contributed by atoms with Gasteiger partial charge in [-0.3, -0.25) is 5.10 Å². The van der Waals surface area contributed by atoms with Crippen molar-refractivity contribution in [1.29, 1.82) is 0 Å². The number of H-pyrrole nitrogens is 1. The summed E-state index contributed by atoms with van der Waals surface area (Å²) in [6.07, 6.45) is 2.25. The number of aryl methyl sites for hydroxylation is 1. The third-order valence-electron chi connectivity index (χ3n) is 4.65. The maximum atomic E-state index is 13.1. The molecule has 0 aromatic carbocycles. The van der Waals surface area contributed by atoms with E-state index < -0.39 is 5.82 Å². The molecule has 3 aromatic heterocycles. The van der Waals surface area contributed by atoms with Crippen LogP contribution in [-0.2, 0) is 4.74 Å². The summed E-state index contributed by atoms with van der Waals surface area (Å²) >= 11 is 0. The molecule has 0 radical (unpaired) electrons. The minimum absolute atomic E-state index is 0.319. The number of nitrogens with zero attached hydrogens (tertiary/aromatic N) is 7. The molecule has 1 fully saturated rings. The number of nitrogens with one attached hydrogen (secondary N) is 3. The molecule has 4 heterocycles. The first-order chi connectivity index (χ1) is 14.8. The molecule has 12 heteroatoms. The van der Waals surface area contributed by atoms with Crippen molar-refractivity contribution in [2.24, 2.45) is 0 Å². The van der Waals surface area contributed by atoms with E-state index in [1.165, 1.54) is 0 Å². The van der Waals surface area contributed by atoms with Gasteiger partial charge >= 0.3 is 0 Å². The first-order valence-electron chi connectivity index (χ1n) is 9.95. The van der Waals surface area contributed by atoms with Crippen molar-refractivity contribution in [3.8, 4) is 0 Å². The molecule has 164 valence electrons. The number of aromatic amines is 1. The zero-order valence-electron chi connectivity index (χ0n) is 17.8. The van der Waals surface area contributed by atoms with Crippen molar-refractivity contribution in [1.82, 2.24) is 35.1 Å². The van der Waals surface area contributed by atoms with Crippen LogP contribution in [0.2, 0.25) is 0 Å². The number of morpholine rings is 1. The quantitative estimate of drug-likeness (QED) is 0.538. The molecular formula is C19H25FN10O. The van der Waals surface area contributed by atoms with Crippen LogP contribution in [-0.4, -0.2) is 60.4 Å². The molecule has 0 unspecified atom stereocenters. The van der Waals surface area contributed by atoms with Gasteiger partial charge in [0, 0.05) is 24.8 Å². The molecule has 11 nitrogen and oxygen atoms in total. The summed E-state index contributed by atoms with van der Waals surface area (Å²) < 4.78 is 19.0. The number of anilines is 4. The van der Waals surface area contributed by atoms with Gasteiger partial charge < -0.3 is 20.3 Å². The number of rotatable bonds is 6. The molecule has 1 atom stereocenters. The summed E-state index contributed by atoms with van der Waals surface area (Å²) in [5.74, 6) is 1.72. The molecule has 1 aliphatic rings. The zero-order chi connectivity index (χ0) is 22.0. The van der Waals surface area contributed by atoms with Gasteiger partial charge in [0.15, 0.2) is 11.6 Å². The molecule has 0 amide bonds. The summed E-state index contributed by atoms with van der Waals surface area (Å²) in [7, 11) is 0. The van der Waals surface area contributed by atoms with Crippen LogP contribution in [0.4, 0.5) is 28.1 Å². The highest BCUT2D eigenvalue weighted by atomic mass is 19.1. The third-order valence-corrected chi connectivity index (χ3v) is 4.65. The highest BCUT2D eigenvalue weighted by molar-refractivity contribution is 5.52. The van der Waals surface area contributed by atoms with Gasteiger partial charge in [-0.05, 0) is 27.7 Å². The lowest BCUT2D eigenvalue weighted by atomic mass is 10.1. The van der Waals surface area contributed by atoms with Crippen molar-refractivity contribution in [3.63, 3.8) is 0 Å². The zero-order valence-corrected chi connectivity index (χ0v) is 17.8. The number of hydrogen-bond acceptors (Lipinski definition) is 10. The second-order valence-electron chi connectivity index (χ2n) is 8.00. The highest BCUT2D eigenvalue weighted by Crippen LogP contribution is 2.24. The summed E-state index contributed by atoms with van der Waals surface area (Å²) in [4.78, 5) is 23.7. The topological polar surface area (TPSA) is 130 Å². The van der Waals surface area contributed by atoms with E-state index in [2.05, 4.69) is 50.7 Å². The van der Waals surface area contributed by atoms with E-state index in [1.54, 1.807) is 0 Å². The summed E-state index contributed by atoms with van der Waals surface area (Å²) in [5, 5.41) is 13.3. The molecular weight excluding hydrogens is 403 g/mol. The Kier molecular flexibility index (Phi) is 5.63. The van der Waals surface area contributed by atoms with E-state index in [9.17, 15) is 4.39 Å². The monoisotopic (exact) mass is 428 g/mol. The Morgan fingerprint density at radius 2 is 1.94 bits per heavy atom. The first kappa shape index (κ1) is 20.8. The van der Waals surface area contributed by atoms with E-state index in [4.69, 9.17) is 4.74 Å². The van der Waals surface area contributed by atoms with Gasteiger partial charge in [-0.25, -0.2) is 14.4 Å². The molecule has 3 aromatic rings. The molecule has 0 bridgehead atoms. The maximum Gasteiger partial charge on any atom is 0.235 e. The fourth-order valence-electron chi connectivity index (χ4n) is 3.21. The van der Waals surface area contributed by atoms with E-state index in [0.717, 1.165) is 18.1 Å². The predicted octanol–water partition coefficient (Wildman–Crippen LogP) is 2.36. The fourth-order valence-corrected chi connectivity index (χ4v) is 3.21. The van der Waals surface area contributed by atoms with Gasteiger partial charge in [-0.1, -0.05) is 0 Å². The molecule has 31 heavy (non-hydrogen) atoms. The largest absolute Gasteiger partial charge is 0.372 e. The highest BCUT2D eigenvalue weighted by Gasteiger charge is 2.29. The Balaban J connectivity index is 1.62. The number of halogens is 1. The van der Waals surface area contributed by atoms with Crippen molar-refractivity contribution >= 4 is 23.7 Å². The predicted molar refractivity (Wildman–Crippen MR) is 113 cm³/mol. The van der Waals surface area contributed by atoms with Gasteiger partial charge in [0.2, 0.25) is 17.8 Å². The lowest BCUT2D eigenvalue weighted by Crippen LogP contribution is -2.49. The van der Waals surface area contributed by atoms with E-state index in [1.807, 2.05) is 33.8 Å². The molecule has 1 aliphatic heterocycles. The summed E-state index contributed by atoms with van der Waals surface area (Å²) in [5.41, 5.74) is 0.591. The molecule has 0 aliphatic carbocycles. The summed E-state index contributed by atoms with van der Waals surface area (Å²) in [6, 6.07) is 1.50. The first-order valence-corrected chi connectivity index (χ1v) is 9.95. The Bertz CT molecular complexity index is 1040. The van der Waals surface area contributed by atoms with Crippen LogP contribution in [0.5, 0.6) is 0 Å². The van der Waals surface area contributed by atoms with E-state index in [-0.39, 0.29) is 11.6 Å². The number of aromatic nitrogens is 7. The van der Waals surface area contributed by atoms with Gasteiger partial charge in [0.1, 0.15) is 5.82 Å². The van der Waals surface area contributed by atoms with Crippen molar-refractivity contribution in [2.75, 3.05) is 35.2 Å². The lowest BCUT2D eigenvalue weighted by molar-refractivity contribution is -0.0281. The van der Waals surface area contributed by atoms with Crippen LogP contribution in [0.3, 0.4) is 0 Å². The lowest BCUT2D eigenvalue weighted by Gasteiger charge is -2.38. The molecule has 1 saturated heterocycles. The van der Waals surface area contributed by atoms with Gasteiger partial charge in [-0.2, -0.15) is 20.1 Å². The Hall–Kier alpha value is -3.41. The second kappa shape index (κ2) is 8.38. The minimum atomic E-state index is -0.492. The van der Waals surface area contributed by atoms with Crippen LogP contribution in [0.25, 0.3) is 0 Å². The molecule has 3 N–H and O–H groups in total. The SMILES string of the molecule is Cc1cc(Nc2nc(N[C@@H](C)c3ncc(F)cn3)nc(N3CCOC(C)(C)C3)n2)n[nH]1. The van der Waals surface area contributed by atoms with Gasteiger partial charge in [0.05, 0.1) is 30.6 Å². The van der Waals surface area contributed by atoms with E-state index >= 15 is 0 Å². The Labute approximate surface area is 178 Å². The van der Waals surface area contributed by atoms with Crippen molar-refractivity contribution < 1.29 is 9.13 Å². The average Bonchev–Trinajstić information content (AvgIpc) is 3.12. The fraction of sp³-hybridized carbons (Fsp3) is 0.474. The molecule has 0 spiro atoms. The number of hydrogen-bond donors (Lipinski definition) is 3. The molecule has 4 rings (SSSR count).